The van der Waals surface area contributed by atoms with E-state index in [-0.39, 0.29) is 15.6 Å². The van der Waals surface area contributed by atoms with Crippen molar-refractivity contribution in [3.63, 3.8) is 0 Å². The number of carbonyl (C=O) groups excluding carboxylic acids is 1. The molecule has 0 saturated heterocycles. The van der Waals surface area contributed by atoms with Gasteiger partial charge in [-0.2, -0.15) is 0 Å². The number of halogens is 2. The van der Waals surface area contributed by atoms with Gasteiger partial charge in [-0.1, -0.05) is 41.4 Å². The third-order valence-electron chi connectivity index (χ3n) is 5.81. The Bertz CT molecular complexity index is 1380. The van der Waals surface area contributed by atoms with Gasteiger partial charge in [0, 0.05) is 17.0 Å². The number of fused-ring (bicyclic) bond motifs is 1. The molecular weight excluding hydrogens is 523 g/mol. The lowest BCUT2D eigenvalue weighted by molar-refractivity contribution is -0.120. The fourth-order valence-corrected chi connectivity index (χ4v) is 6.18. The van der Waals surface area contributed by atoms with Gasteiger partial charge in [0.1, 0.15) is 23.6 Å². The van der Waals surface area contributed by atoms with Gasteiger partial charge in [0.2, 0.25) is 5.91 Å². The Kier molecular flexibility index (Phi) is 7.41. The maximum atomic E-state index is 13.6. The van der Waals surface area contributed by atoms with Crippen LogP contribution in [0.1, 0.15) is 31.9 Å². The van der Waals surface area contributed by atoms with E-state index in [4.69, 9.17) is 32.7 Å². The molecule has 3 aromatic rings. The third kappa shape index (κ3) is 5.56. The predicted octanol–water partition coefficient (Wildman–Crippen LogP) is 5.62. The number of nitrogens with zero attached hydrogens (tertiary/aromatic N) is 1. The number of rotatable bonds is 7. The van der Waals surface area contributed by atoms with Gasteiger partial charge in [0.25, 0.3) is 10.0 Å². The number of amides is 1. The standard InChI is InChI=1S/C26H26Cl2N2O5S/c1-26(2)15-22(20-14-18(34-3)10-12-24(20)35-26)29-25(31)16-30(23-11-9-17(27)13-21(23)28)36(32,33)19-7-5-4-6-8-19/h4-14,22H,15-16H2,1-3H3,(H,29,31). The SMILES string of the molecule is COc1ccc2c(c1)C(NC(=O)CN(c1ccc(Cl)cc1Cl)S(=O)(=O)c1ccccc1)CC(C)(C)O2. The van der Waals surface area contributed by atoms with Crippen molar-refractivity contribution in [1.82, 2.24) is 5.32 Å². The van der Waals surface area contributed by atoms with E-state index in [1.54, 1.807) is 37.4 Å². The maximum Gasteiger partial charge on any atom is 0.264 e. The Balaban J connectivity index is 1.68. The van der Waals surface area contributed by atoms with Gasteiger partial charge in [-0.25, -0.2) is 8.42 Å². The normalized spacial score (nSPS) is 16.4. The predicted molar refractivity (Wildman–Crippen MR) is 141 cm³/mol. The zero-order chi connectivity index (χ0) is 26.1. The van der Waals surface area contributed by atoms with Crippen LogP contribution in [0.5, 0.6) is 11.5 Å². The molecule has 1 atom stereocenters. The molecule has 0 aliphatic carbocycles. The summed E-state index contributed by atoms with van der Waals surface area (Å²) in [4.78, 5) is 13.4. The average Bonchev–Trinajstić information content (AvgIpc) is 2.82. The second kappa shape index (κ2) is 10.2. The fourth-order valence-electron chi connectivity index (χ4n) is 4.16. The van der Waals surface area contributed by atoms with Crippen LogP contribution < -0.4 is 19.1 Å². The van der Waals surface area contributed by atoms with Crippen molar-refractivity contribution in [2.75, 3.05) is 18.0 Å². The fraction of sp³-hybridized carbons (Fsp3) is 0.269. The molecular formula is C26H26Cl2N2O5S. The lowest BCUT2D eigenvalue weighted by Crippen LogP contribution is -2.45. The van der Waals surface area contributed by atoms with Crippen LogP contribution in [0.4, 0.5) is 5.69 Å². The third-order valence-corrected chi connectivity index (χ3v) is 8.12. The number of methoxy groups -OCH3 is 1. The number of hydrogen-bond acceptors (Lipinski definition) is 5. The Morgan fingerprint density at radius 3 is 2.50 bits per heavy atom. The van der Waals surface area contributed by atoms with E-state index in [1.807, 2.05) is 19.9 Å². The summed E-state index contributed by atoms with van der Waals surface area (Å²) in [5.41, 5.74) is 0.355. The van der Waals surface area contributed by atoms with Gasteiger partial charge in [0.15, 0.2) is 0 Å². The van der Waals surface area contributed by atoms with E-state index < -0.39 is 34.1 Å². The molecule has 1 aliphatic heterocycles. The summed E-state index contributed by atoms with van der Waals surface area (Å²) in [6.45, 7) is 3.37. The summed E-state index contributed by atoms with van der Waals surface area (Å²) in [5.74, 6) is 0.751. The molecule has 1 N–H and O–H groups in total. The van der Waals surface area contributed by atoms with Gasteiger partial charge in [-0.15, -0.1) is 0 Å². The summed E-state index contributed by atoms with van der Waals surface area (Å²) < 4.78 is 39.6. The zero-order valence-corrected chi connectivity index (χ0v) is 22.3. The highest BCUT2D eigenvalue weighted by atomic mass is 35.5. The van der Waals surface area contributed by atoms with Gasteiger partial charge < -0.3 is 14.8 Å². The molecule has 0 spiro atoms. The molecule has 0 radical (unpaired) electrons. The second-order valence-electron chi connectivity index (χ2n) is 9.01. The van der Waals surface area contributed by atoms with Crippen LogP contribution in [0, 0.1) is 0 Å². The number of benzene rings is 3. The van der Waals surface area contributed by atoms with Crippen molar-refractivity contribution in [1.29, 1.82) is 0 Å². The topological polar surface area (TPSA) is 84.9 Å². The molecule has 7 nitrogen and oxygen atoms in total. The number of sulfonamides is 1. The van der Waals surface area contributed by atoms with Crippen LogP contribution in [-0.4, -0.2) is 33.6 Å². The van der Waals surface area contributed by atoms with E-state index in [9.17, 15) is 13.2 Å². The molecule has 1 amide bonds. The Morgan fingerprint density at radius 2 is 1.83 bits per heavy atom. The first-order chi connectivity index (χ1) is 17.0. The lowest BCUT2D eigenvalue weighted by Gasteiger charge is -2.38. The number of ether oxygens (including phenoxy) is 2. The van der Waals surface area contributed by atoms with Crippen molar-refractivity contribution in [3.8, 4) is 11.5 Å². The molecule has 0 aromatic heterocycles. The van der Waals surface area contributed by atoms with Crippen molar-refractivity contribution in [2.45, 2.75) is 36.8 Å². The Labute approximate surface area is 221 Å². The highest BCUT2D eigenvalue weighted by Gasteiger charge is 2.36. The molecule has 1 heterocycles. The Hall–Kier alpha value is -2.94. The van der Waals surface area contributed by atoms with Crippen LogP contribution >= 0.6 is 23.2 Å². The molecule has 0 fully saturated rings. The zero-order valence-electron chi connectivity index (χ0n) is 20.0. The first-order valence-corrected chi connectivity index (χ1v) is 13.4. The summed E-state index contributed by atoms with van der Waals surface area (Å²) in [5, 5.41) is 3.44. The molecule has 3 aromatic carbocycles. The molecule has 190 valence electrons. The van der Waals surface area contributed by atoms with Crippen LogP contribution in [0.3, 0.4) is 0 Å². The number of carbonyl (C=O) groups is 1. The summed E-state index contributed by atoms with van der Waals surface area (Å²) in [7, 11) is -2.56. The molecule has 0 saturated carbocycles. The van der Waals surface area contributed by atoms with E-state index in [2.05, 4.69) is 5.32 Å². The number of hydrogen-bond donors (Lipinski definition) is 1. The number of nitrogens with one attached hydrogen (secondary N) is 1. The van der Waals surface area contributed by atoms with E-state index in [1.165, 1.54) is 30.3 Å². The highest BCUT2D eigenvalue weighted by Crippen LogP contribution is 2.41. The highest BCUT2D eigenvalue weighted by molar-refractivity contribution is 7.92. The van der Waals surface area contributed by atoms with E-state index in [0.717, 1.165) is 9.87 Å². The quantitative estimate of drug-likeness (QED) is 0.414. The van der Waals surface area contributed by atoms with Gasteiger partial charge in [0.05, 0.1) is 28.8 Å². The van der Waals surface area contributed by atoms with Crippen molar-refractivity contribution in [2.24, 2.45) is 0 Å². The van der Waals surface area contributed by atoms with E-state index >= 15 is 0 Å². The summed E-state index contributed by atoms with van der Waals surface area (Å²) in [6.07, 6.45) is 0.478. The van der Waals surface area contributed by atoms with Crippen molar-refractivity contribution >= 4 is 44.8 Å². The number of anilines is 1. The summed E-state index contributed by atoms with van der Waals surface area (Å²) >= 11 is 12.4. The van der Waals surface area contributed by atoms with Crippen molar-refractivity contribution < 1.29 is 22.7 Å². The first-order valence-electron chi connectivity index (χ1n) is 11.2. The van der Waals surface area contributed by atoms with E-state index in [0.29, 0.717) is 22.9 Å². The second-order valence-corrected chi connectivity index (χ2v) is 11.7. The molecule has 4 rings (SSSR count). The molecule has 36 heavy (non-hydrogen) atoms. The minimum atomic E-state index is -4.12. The van der Waals surface area contributed by atoms with Crippen molar-refractivity contribution in [3.05, 3.63) is 82.3 Å². The van der Waals surface area contributed by atoms with Gasteiger partial charge in [-0.05, 0) is 62.4 Å². The molecule has 1 aliphatic rings. The smallest absolute Gasteiger partial charge is 0.264 e. The van der Waals surface area contributed by atoms with Crippen LogP contribution in [0.2, 0.25) is 10.0 Å². The monoisotopic (exact) mass is 548 g/mol. The average molecular weight is 549 g/mol. The maximum absolute atomic E-state index is 13.6. The lowest BCUT2D eigenvalue weighted by atomic mass is 9.89. The first kappa shape index (κ1) is 26.1. The van der Waals surface area contributed by atoms with Crippen LogP contribution in [0.25, 0.3) is 0 Å². The molecule has 0 bridgehead atoms. The van der Waals surface area contributed by atoms with Gasteiger partial charge >= 0.3 is 0 Å². The minimum Gasteiger partial charge on any atom is -0.497 e. The van der Waals surface area contributed by atoms with Gasteiger partial charge in [-0.3, -0.25) is 9.10 Å². The largest absolute Gasteiger partial charge is 0.497 e. The Morgan fingerprint density at radius 1 is 1.11 bits per heavy atom. The molecule has 10 heteroatoms. The van der Waals surface area contributed by atoms with Crippen LogP contribution in [-0.2, 0) is 14.8 Å². The van der Waals surface area contributed by atoms with Crippen LogP contribution in [0.15, 0.2) is 71.6 Å². The summed E-state index contributed by atoms with van der Waals surface area (Å²) in [6, 6.07) is 17.3. The molecule has 1 unspecified atom stereocenters. The minimum absolute atomic E-state index is 0.0334.